The summed E-state index contributed by atoms with van der Waals surface area (Å²) in [6, 6.07) is 2.14. The normalized spacial score (nSPS) is 21.3. The predicted molar refractivity (Wildman–Crippen MR) is 76.9 cm³/mol. The van der Waals surface area contributed by atoms with E-state index in [2.05, 4.69) is 15.3 Å². The lowest BCUT2D eigenvalue weighted by molar-refractivity contribution is -0.121. The summed E-state index contributed by atoms with van der Waals surface area (Å²) in [6.45, 7) is 0. The number of hydrogen-bond acceptors (Lipinski definition) is 5. The molecule has 0 bridgehead atoms. The van der Waals surface area contributed by atoms with Crippen LogP contribution in [0.25, 0.3) is 0 Å². The maximum atomic E-state index is 11.5. The number of aromatic nitrogens is 2. The van der Waals surface area contributed by atoms with Gasteiger partial charge in [-0.15, -0.1) is 11.6 Å². The molecule has 1 amide bonds. The van der Waals surface area contributed by atoms with Crippen LogP contribution in [0.5, 0.6) is 5.88 Å². The standard InChI is InChI=1S/C14H17ClN4O2/c15-6-5-13(20)19-10-1-3-11(4-2-10)21-14-12(9-16)17-7-8-18-14/h7-8,10-11H,1-6H2,(H,19,20). The lowest BCUT2D eigenvalue weighted by Gasteiger charge is -2.29. The molecule has 1 heterocycles. The SMILES string of the molecule is N#Cc1nccnc1OC1CCC(NC(=O)CCCl)CC1. The smallest absolute Gasteiger partial charge is 0.251 e. The molecule has 6 nitrogen and oxygen atoms in total. The molecule has 0 spiro atoms. The number of carbonyl (C=O) groups is 1. The summed E-state index contributed by atoms with van der Waals surface area (Å²) in [6.07, 6.45) is 6.66. The average Bonchev–Trinajstić information content (AvgIpc) is 2.50. The molecule has 1 aliphatic carbocycles. The number of nitrogens with zero attached hydrogens (tertiary/aromatic N) is 3. The van der Waals surface area contributed by atoms with Crippen LogP contribution in [0.2, 0.25) is 0 Å². The zero-order valence-electron chi connectivity index (χ0n) is 11.6. The Kier molecular flexibility index (Phi) is 5.76. The van der Waals surface area contributed by atoms with Crippen LogP contribution < -0.4 is 10.1 Å². The Morgan fingerprint density at radius 2 is 2.10 bits per heavy atom. The minimum atomic E-state index is -0.00457. The first kappa shape index (κ1) is 15.5. The van der Waals surface area contributed by atoms with E-state index in [4.69, 9.17) is 21.6 Å². The number of nitriles is 1. The van der Waals surface area contributed by atoms with Crippen LogP contribution in [-0.2, 0) is 4.79 Å². The second-order valence-corrected chi connectivity index (χ2v) is 5.30. The van der Waals surface area contributed by atoms with Crippen LogP contribution >= 0.6 is 11.6 Å². The monoisotopic (exact) mass is 308 g/mol. The van der Waals surface area contributed by atoms with Crippen molar-refractivity contribution in [1.82, 2.24) is 15.3 Å². The molecule has 1 aromatic rings. The summed E-state index contributed by atoms with van der Waals surface area (Å²) in [4.78, 5) is 19.4. The summed E-state index contributed by atoms with van der Waals surface area (Å²) >= 11 is 5.54. The second-order valence-electron chi connectivity index (χ2n) is 4.92. The number of carbonyl (C=O) groups excluding carboxylic acids is 1. The van der Waals surface area contributed by atoms with Crippen LogP contribution in [0.4, 0.5) is 0 Å². The van der Waals surface area contributed by atoms with Crippen molar-refractivity contribution < 1.29 is 9.53 Å². The summed E-state index contributed by atoms with van der Waals surface area (Å²) in [7, 11) is 0. The maximum Gasteiger partial charge on any atom is 0.251 e. The first-order valence-corrected chi connectivity index (χ1v) is 7.49. The largest absolute Gasteiger partial charge is 0.472 e. The van der Waals surface area contributed by atoms with Gasteiger partial charge < -0.3 is 10.1 Å². The molecule has 1 aromatic heterocycles. The third kappa shape index (κ3) is 4.57. The number of ether oxygens (including phenoxy) is 1. The molecule has 112 valence electrons. The number of rotatable bonds is 5. The Labute approximate surface area is 128 Å². The second kappa shape index (κ2) is 7.79. The van der Waals surface area contributed by atoms with E-state index in [1.54, 1.807) is 0 Å². The van der Waals surface area contributed by atoms with Gasteiger partial charge in [0, 0.05) is 30.7 Å². The molecule has 1 aliphatic rings. The Balaban J connectivity index is 1.82. The van der Waals surface area contributed by atoms with E-state index >= 15 is 0 Å². The lowest BCUT2D eigenvalue weighted by Crippen LogP contribution is -2.39. The predicted octanol–water partition coefficient (Wildman–Crippen LogP) is 1.78. The quantitative estimate of drug-likeness (QED) is 0.838. The maximum absolute atomic E-state index is 11.5. The van der Waals surface area contributed by atoms with Crippen LogP contribution in [0.1, 0.15) is 37.8 Å². The molecular formula is C14H17ClN4O2. The van der Waals surface area contributed by atoms with Crippen LogP contribution in [0.15, 0.2) is 12.4 Å². The third-order valence-corrected chi connectivity index (χ3v) is 3.60. The summed E-state index contributed by atoms with van der Waals surface area (Å²) in [5, 5.41) is 11.9. The summed E-state index contributed by atoms with van der Waals surface area (Å²) in [5.74, 6) is 0.623. The lowest BCUT2D eigenvalue weighted by atomic mass is 9.93. The Bertz CT molecular complexity index is 524. The zero-order chi connectivity index (χ0) is 15.1. The molecule has 1 saturated carbocycles. The van der Waals surface area contributed by atoms with Gasteiger partial charge in [0.05, 0.1) is 0 Å². The first-order valence-electron chi connectivity index (χ1n) is 6.96. The summed E-state index contributed by atoms with van der Waals surface area (Å²) in [5.41, 5.74) is 0.204. The van der Waals surface area contributed by atoms with E-state index < -0.39 is 0 Å². The number of hydrogen-bond donors (Lipinski definition) is 1. The zero-order valence-corrected chi connectivity index (χ0v) is 12.3. The topological polar surface area (TPSA) is 87.9 Å². The molecule has 1 fully saturated rings. The van der Waals surface area contributed by atoms with Gasteiger partial charge in [-0.1, -0.05) is 0 Å². The highest BCUT2D eigenvalue weighted by Gasteiger charge is 2.24. The molecule has 0 radical (unpaired) electrons. The van der Waals surface area contributed by atoms with Crippen molar-refractivity contribution in [2.45, 2.75) is 44.2 Å². The van der Waals surface area contributed by atoms with Crippen LogP contribution in [-0.4, -0.2) is 33.9 Å². The Morgan fingerprint density at radius 1 is 1.38 bits per heavy atom. The Morgan fingerprint density at radius 3 is 2.76 bits per heavy atom. The van der Waals surface area contributed by atoms with Gasteiger partial charge >= 0.3 is 0 Å². The minimum Gasteiger partial charge on any atom is -0.472 e. The fraction of sp³-hybridized carbons (Fsp3) is 0.571. The molecule has 0 saturated heterocycles. The van der Waals surface area contributed by atoms with Gasteiger partial charge in [0.2, 0.25) is 11.6 Å². The number of halogens is 1. The van der Waals surface area contributed by atoms with Gasteiger partial charge in [0.1, 0.15) is 12.2 Å². The van der Waals surface area contributed by atoms with Crippen molar-refractivity contribution in [1.29, 1.82) is 5.26 Å². The van der Waals surface area contributed by atoms with E-state index in [0.717, 1.165) is 25.7 Å². The molecular weight excluding hydrogens is 292 g/mol. The van der Waals surface area contributed by atoms with Gasteiger partial charge in [-0.05, 0) is 25.7 Å². The van der Waals surface area contributed by atoms with E-state index in [1.807, 2.05) is 6.07 Å². The van der Waals surface area contributed by atoms with Gasteiger partial charge in [0.15, 0.2) is 0 Å². The van der Waals surface area contributed by atoms with Gasteiger partial charge in [-0.25, -0.2) is 9.97 Å². The van der Waals surface area contributed by atoms with E-state index in [9.17, 15) is 4.79 Å². The van der Waals surface area contributed by atoms with E-state index in [0.29, 0.717) is 12.3 Å². The molecule has 0 aliphatic heterocycles. The molecule has 0 atom stereocenters. The number of alkyl halides is 1. The highest BCUT2D eigenvalue weighted by atomic mass is 35.5. The van der Waals surface area contributed by atoms with Crippen molar-refractivity contribution in [3.8, 4) is 11.9 Å². The van der Waals surface area contributed by atoms with Gasteiger partial charge in [0.25, 0.3) is 5.88 Å². The minimum absolute atomic E-state index is 0.00457. The van der Waals surface area contributed by atoms with Gasteiger partial charge in [-0.3, -0.25) is 4.79 Å². The number of amides is 1. The Hall–Kier alpha value is -1.87. The highest BCUT2D eigenvalue weighted by Crippen LogP contribution is 2.23. The average molecular weight is 309 g/mol. The van der Waals surface area contributed by atoms with Crippen LogP contribution in [0, 0.1) is 11.3 Å². The fourth-order valence-corrected chi connectivity index (χ4v) is 2.53. The van der Waals surface area contributed by atoms with Crippen molar-refractivity contribution >= 4 is 17.5 Å². The number of nitrogens with one attached hydrogen (secondary N) is 1. The first-order chi connectivity index (χ1) is 10.2. The highest BCUT2D eigenvalue weighted by molar-refractivity contribution is 6.18. The van der Waals surface area contributed by atoms with E-state index in [-0.39, 0.29) is 29.6 Å². The van der Waals surface area contributed by atoms with Crippen molar-refractivity contribution in [3.63, 3.8) is 0 Å². The van der Waals surface area contributed by atoms with Crippen molar-refractivity contribution in [3.05, 3.63) is 18.1 Å². The van der Waals surface area contributed by atoms with Gasteiger partial charge in [-0.2, -0.15) is 5.26 Å². The molecule has 1 N–H and O–H groups in total. The van der Waals surface area contributed by atoms with Crippen molar-refractivity contribution in [2.75, 3.05) is 5.88 Å². The molecule has 7 heteroatoms. The summed E-state index contributed by atoms with van der Waals surface area (Å²) < 4.78 is 5.75. The van der Waals surface area contributed by atoms with E-state index in [1.165, 1.54) is 12.4 Å². The fourth-order valence-electron chi connectivity index (χ4n) is 2.36. The molecule has 0 unspecified atom stereocenters. The molecule has 2 rings (SSSR count). The third-order valence-electron chi connectivity index (χ3n) is 3.41. The molecule has 0 aromatic carbocycles. The van der Waals surface area contributed by atoms with Crippen LogP contribution in [0.3, 0.4) is 0 Å². The van der Waals surface area contributed by atoms with Crippen molar-refractivity contribution in [2.24, 2.45) is 0 Å². The molecule has 21 heavy (non-hydrogen) atoms.